The van der Waals surface area contributed by atoms with Crippen LogP contribution in [0.1, 0.15) is 74.4 Å². The molecule has 1 saturated carbocycles. The van der Waals surface area contributed by atoms with Crippen LogP contribution in [0.4, 0.5) is 0 Å². The first-order chi connectivity index (χ1) is 11.7. The van der Waals surface area contributed by atoms with Crippen LogP contribution in [0, 0.1) is 11.3 Å². The molecule has 4 rings (SSSR count). The van der Waals surface area contributed by atoms with Crippen LogP contribution in [0.15, 0.2) is 6.07 Å². The second-order valence-electron chi connectivity index (χ2n) is 8.72. The standard InChI is InChI=1S/C20H26O5/c1-10(2)12-8-11(9-21)13-15(14(12)22)24-18-20(13)7-5-6-19(3,4)16(20)17(23)25-18/h8-10,16-18,22-23H,5-7H2,1-4H3/t16-,17+,18+,20-/m0/s1. The number of hydrogen-bond acceptors (Lipinski definition) is 5. The normalized spacial score (nSPS) is 35.0. The molecule has 5 nitrogen and oxygen atoms in total. The van der Waals surface area contributed by atoms with Gasteiger partial charge in [-0.1, -0.05) is 34.1 Å². The molecule has 1 saturated heterocycles. The van der Waals surface area contributed by atoms with Gasteiger partial charge < -0.3 is 19.7 Å². The zero-order valence-electron chi connectivity index (χ0n) is 15.2. The third kappa shape index (κ3) is 1.99. The lowest BCUT2D eigenvalue weighted by atomic mass is 9.54. The monoisotopic (exact) mass is 346 g/mol. The number of aliphatic hydroxyl groups is 1. The average Bonchev–Trinajstić information content (AvgIpc) is 2.97. The number of phenols is 1. The van der Waals surface area contributed by atoms with Gasteiger partial charge in [-0.2, -0.15) is 0 Å². The van der Waals surface area contributed by atoms with Gasteiger partial charge in [-0.3, -0.25) is 4.79 Å². The van der Waals surface area contributed by atoms with Crippen molar-refractivity contribution in [1.82, 2.24) is 0 Å². The molecule has 4 atom stereocenters. The van der Waals surface area contributed by atoms with Gasteiger partial charge in [0, 0.05) is 22.6 Å². The van der Waals surface area contributed by atoms with Crippen LogP contribution in [0.5, 0.6) is 11.5 Å². The number of fused-ring (bicyclic) bond motifs is 1. The molecule has 0 radical (unpaired) electrons. The average molecular weight is 346 g/mol. The first kappa shape index (κ1) is 16.9. The maximum Gasteiger partial charge on any atom is 0.213 e. The third-order valence-electron chi connectivity index (χ3n) is 6.53. The molecule has 5 heteroatoms. The summed E-state index contributed by atoms with van der Waals surface area (Å²) < 4.78 is 11.8. The molecule has 0 aromatic heterocycles. The number of benzene rings is 1. The topological polar surface area (TPSA) is 76.0 Å². The smallest absolute Gasteiger partial charge is 0.213 e. The third-order valence-corrected chi connectivity index (χ3v) is 6.53. The molecule has 0 unspecified atom stereocenters. The molecule has 1 aliphatic carbocycles. The van der Waals surface area contributed by atoms with Gasteiger partial charge in [0.2, 0.25) is 6.29 Å². The van der Waals surface area contributed by atoms with E-state index in [0.717, 1.165) is 31.1 Å². The Morgan fingerprint density at radius 2 is 2.04 bits per heavy atom. The van der Waals surface area contributed by atoms with Gasteiger partial charge in [0.1, 0.15) is 0 Å². The summed E-state index contributed by atoms with van der Waals surface area (Å²) in [5.41, 5.74) is 1.23. The number of aromatic hydroxyl groups is 1. The molecule has 3 aliphatic rings. The van der Waals surface area contributed by atoms with Crippen molar-refractivity contribution in [3.8, 4) is 11.5 Å². The first-order valence-electron chi connectivity index (χ1n) is 9.09. The molecule has 1 aromatic carbocycles. The van der Waals surface area contributed by atoms with E-state index in [1.807, 2.05) is 13.8 Å². The Morgan fingerprint density at radius 1 is 1.32 bits per heavy atom. The number of aliphatic hydroxyl groups excluding tert-OH is 1. The van der Waals surface area contributed by atoms with Crippen molar-refractivity contribution in [1.29, 1.82) is 0 Å². The Balaban J connectivity index is 2.00. The maximum absolute atomic E-state index is 11.9. The molecule has 2 fully saturated rings. The van der Waals surface area contributed by atoms with Crippen molar-refractivity contribution in [3.63, 3.8) is 0 Å². The Hall–Kier alpha value is -1.59. The van der Waals surface area contributed by atoms with Crippen LogP contribution in [0.3, 0.4) is 0 Å². The fourth-order valence-corrected chi connectivity index (χ4v) is 5.53. The minimum absolute atomic E-state index is 0.0654. The summed E-state index contributed by atoms with van der Waals surface area (Å²) in [5, 5.41) is 21.4. The second kappa shape index (κ2) is 5.21. The number of aldehydes is 1. The van der Waals surface area contributed by atoms with Crippen LogP contribution in [-0.2, 0) is 10.2 Å². The number of rotatable bonds is 2. The largest absolute Gasteiger partial charge is 0.504 e. The van der Waals surface area contributed by atoms with E-state index in [-0.39, 0.29) is 23.0 Å². The highest BCUT2D eigenvalue weighted by Gasteiger charge is 2.68. The summed E-state index contributed by atoms with van der Waals surface area (Å²) in [6.45, 7) is 8.21. The molecule has 2 heterocycles. The number of carbonyl (C=O) groups is 1. The summed E-state index contributed by atoms with van der Waals surface area (Å²) in [6, 6.07) is 1.77. The van der Waals surface area contributed by atoms with E-state index in [1.54, 1.807) is 6.07 Å². The van der Waals surface area contributed by atoms with Crippen molar-refractivity contribution in [3.05, 3.63) is 22.8 Å². The second-order valence-corrected chi connectivity index (χ2v) is 8.72. The lowest BCUT2D eigenvalue weighted by Crippen LogP contribution is -2.50. The van der Waals surface area contributed by atoms with Crippen molar-refractivity contribution in [2.45, 2.75) is 70.9 Å². The molecule has 1 spiro atoms. The van der Waals surface area contributed by atoms with Crippen molar-refractivity contribution >= 4 is 6.29 Å². The predicted octanol–water partition coefficient (Wildman–Crippen LogP) is 3.46. The van der Waals surface area contributed by atoms with Gasteiger partial charge in [-0.15, -0.1) is 0 Å². The Labute approximate surface area is 148 Å². The van der Waals surface area contributed by atoms with Gasteiger partial charge in [-0.05, 0) is 30.2 Å². The van der Waals surface area contributed by atoms with Crippen LogP contribution in [-0.4, -0.2) is 29.1 Å². The first-order valence-corrected chi connectivity index (χ1v) is 9.09. The molecule has 0 bridgehead atoms. The summed E-state index contributed by atoms with van der Waals surface area (Å²) in [4.78, 5) is 11.9. The minimum atomic E-state index is -0.931. The molecule has 25 heavy (non-hydrogen) atoms. The Morgan fingerprint density at radius 3 is 2.68 bits per heavy atom. The molecule has 2 N–H and O–H groups in total. The van der Waals surface area contributed by atoms with Crippen LogP contribution in [0.2, 0.25) is 0 Å². The molecule has 1 aromatic rings. The van der Waals surface area contributed by atoms with Crippen molar-refractivity contribution < 1.29 is 24.5 Å². The van der Waals surface area contributed by atoms with Crippen LogP contribution < -0.4 is 4.74 Å². The van der Waals surface area contributed by atoms with Gasteiger partial charge in [0.05, 0.1) is 5.41 Å². The van der Waals surface area contributed by atoms with E-state index < -0.39 is 18.0 Å². The number of ether oxygens (including phenoxy) is 2. The van der Waals surface area contributed by atoms with Gasteiger partial charge in [-0.25, -0.2) is 0 Å². The van der Waals surface area contributed by atoms with E-state index >= 15 is 0 Å². The highest BCUT2D eigenvalue weighted by atomic mass is 16.7. The fourth-order valence-electron chi connectivity index (χ4n) is 5.53. The summed E-state index contributed by atoms with van der Waals surface area (Å²) >= 11 is 0. The predicted molar refractivity (Wildman–Crippen MR) is 91.9 cm³/mol. The molecular formula is C20H26O5. The molecule has 0 amide bonds. The summed E-state index contributed by atoms with van der Waals surface area (Å²) in [6.07, 6.45) is 1.97. The van der Waals surface area contributed by atoms with Gasteiger partial charge >= 0.3 is 0 Å². The van der Waals surface area contributed by atoms with E-state index in [4.69, 9.17) is 9.47 Å². The maximum atomic E-state index is 11.9. The zero-order chi connectivity index (χ0) is 18.1. The van der Waals surface area contributed by atoms with E-state index in [1.165, 1.54) is 0 Å². The van der Waals surface area contributed by atoms with Crippen molar-refractivity contribution in [2.75, 3.05) is 0 Å². The Kier molecular flexibility index (Phi) is 3.51. The Bertz CT molecular complexity index is 738. The van der Waals surface area contributed by atoms with E-state index in [9.17, 15) is 15.0 Å². The number of carbonyl (C=O) groups excluding carboxylic acids is 1. The lowest BCUT2D eigenvalue weighted by Gasteiger charge is -2.47. The van der Waals surface area contributed by atoms with E-state index in [2.05, 4.69) is 13.8 Å². The zero-order valence-corrected chi connectivity index (χ0v) is 15.2. The minimum Gasteiger partial charge on any atom is -0.504 e. The van der Waals surface area contributed by atoms with E-state index in [0.29, 0.717) is 16.9 Å². The lowest BCUT2D eigenvalue weighted by molar-refractivity contribution is -0.165. The SMILES string of the molecule is CC(C)c1cc(C=O)c2c(c1O)O[C@@H]1O[C@@H](O)[C@H]3C(C)(C)CCC[C@@]213. The highest BCUT2D eigenvalue weighted by Crippen LogP contribution is 2.66. The fraction of sp³-hybridized carbons (Fsp3) is 0.650. The van der Waals surface area contributed by atoms with Crippen LogP contribution >= 0.6 is 0 Å². The summed E-state index contributed by atoms with van der Waals surface area (Å²) in [5.74, 6) is 0.353. The van der Waals surface area contributed by atoms with Gasteiger partial charge in [0.15, 0.2) is 24.1 Å². The molecule has 136 valence electrons. The quantitative estimate of drug-likeness (QED) is 0.802. The summed E-state index contributed by atoms with van der Waals surface area (Å²) in [7, 11) is 0. The van der Waals surface area contributed by atoms with Crippen molar-refractivity contribution in [2.24, 2.45) is 11.3 Å². The van der Waals surface area contributed by atoms with Crippen LogP contribution in [0.25, 0.3) is 0 Å². The van der Waals surface area contributed by atoms with Gasteiger partial charge in [0.25, 0.3) is 0 Å². The highest BCUT2D eigenvalue weighted by molar-refractivity contribution is 5.83. The number of phenolic OH excluding ortho intramolecular Hbond substituents is 1. The molecule has 2 aliphatic heterocycles. The molecular weight excluding hydrogens is 320 g/mol. The number of hydrogen-bond donors (Lipinski definition) is 2.